The lowest BCUT2D eigenvalue weighted by Gasteiger charge is -2.52. The van der Waals surface area contributed by atoms with E-state index >= 15 is 4.39 Å². The van der Waals surface area contributed by atoms with Crippen molar-refractivity contribution in [3.63, 3.8) is 0 Å². The predicted octanol–water partition coefficient (Wildman–Crippen LogP) is 4.75. The number of anilines is 1. The summed E-state index contributed by atoms with van der Waals surface area (Å²) in [6.45, 7) is 4.52. The van der Waals surface area contributed by atoms with Gasteiger partial charge in [0, 0.05) is 56.8 Å². The Kier molecular flexibility index (Phi) is 10.8. The number of halogens is 3. The zero-order valence-electron chi connectivity index (χ0n) is 30.7. The van der Waals surface area contributed by atoms with Gasteiger partial charge in [0.1, 0.15) is 12.0 Å². The molecule has 3 aliphatic heterocycles. The molecule has 14 heteroatoms. The first-order valence-corrected chi connectivity index (χ1v) is 20.6. The first-order valence-electron chi connectivity index (χ1n) is 19.0. The van der Waals surface area contributed by atoms with Crippen molar-refractivity contribution in [2.45, 2.75) is 91.9 Å². The summed E-state index contributed by atoms with van der Waals surface area (Å²) in [5.74, 6) is -0.618. The molecule has 2 saturated carbocycles. The highest BCUT2D eigenvalue weighted by atomic mass is 32.2. The number of hydrogen-bond acceptors (Lipinski definition) is 8. The van der Waals surface area contributed by atoms with Gasteiger partial charge in [-0.3, -0.25) is 14.6 Å². The molecular weight excluding hydrogens is 708 g/mol. The van der Waals surface area contributed by atoms with Crippen LogP contribution in [0.25, 0.3) is 0 Å². The van der Waals surface area contributed by atoms with Crippen LogP contribution in [0.5, 0.6) is 0 Å². The van der Waals surface area contributed by atoms with Crippen LogP contribution in [-0.2, 0) is 31.3 Å². The number of hydrogen-bond donors (Lipinski definition) is 2. The molecule has 2 N–H and O–H groups in total. The number of carbonyl (C=O) groups excluding carboxylic acids is 2. The number of alkyl carbamates (subject to hydrolysis) is 1. The van der Waals surface area contributed by atoms with Crippen molar-refractivity contribution < 1.29 is 35.9 Å². The maximum absolute atomic E-state index is 16.4. The van der Waals surface area contributed by atoms with Gasteiger partial charge in [0.15, 0.2) is 15.5 Å². The summed E-state index contributed by atoms with van der Waals surface area (Å²) in [7, 11) is -2.12. The molecule has 2 aliphatic carbocycles. The number of sulfone groups is 1. The van der Waals surface area contributed by atoms with Crippen LogP contribution in [0.15, 0.2) is 47.4 Å². The van der Waals surface area contributed by atoms with E-state index in [1.807, 2.05) is 21.9 Å². The molecule has 0 unspecified atom stereocenters. The van der Waals surface area contributed by atoms with Gasteiger partial charge in [0.2, 0.25) is 5.91 Å². The van der Waals surface area contributed by atoms with Gasteiger partial charge in [-0.15, -0.1) is 0 Å². The molecule has 0 spiro atoms. The maximum Gasteiger partial charge on any atom is 0.407 e. The Balaban J connectivity index is 1.05. The second kappa shape index (κ2) is 15.1. The van der Waals surface area contributed by atoms with E-state index in [1.54, 1.807) is 24.3 Å². The number of rotatable bonds is 13. The summed E-state index contributed by atoms with van der Waals surface area (Å²) in [6.07, 6.45) is 3.70. The molecule has 5 fully saturated rings. The molecule has 290 valence electrons. The second-order valence-corrected chi connectivity index (χ2v) is 18.3. The number of ether oxygens (including phenoxy) is 1. The fourth-order valence-electron chi connectivity index (χ4n) is 9.66. The lowest BCUT2D eigenvalue weighted by Crippen LogP contribution is -2.65. The Morgan fingerprint density at radius 3 is 2.38 bits per heavy atom. The highest BCUT2D eigenvalue weighted by molar-refractivity contribution is 7.92. The van der Waals surface area contributed by atoms with Gasteiger partial charge in [-0.05, 0) is 105 Å². The quantitative estimate of drug-likeness (QED) is 0.301. The van der Waals surface area contributed by atoms with Crippen LogP contribution in [-0.4, -0.2) is 113 Å². The van der Waals surface area contributed by atoms with Gasteiger partial charge in [-0.1, -0.05) is 18.6 Å². The Bertz CT molecular complexity index is 1780. The Hall–Kier alpha value is -3.36. The molecule has 2 aromatic carbocycles. The summed E-state index contributed by atoms with van der Waals surface area (Å²) >= 11 is 0. The van der Waals surface area contributed by atoms with Crippen LogP contribution in [0.3, 0.4) is 0 Å². The zero-order valence-corrected chi connectivity index (χ0v) is 31.5. The number of amides is 2. The van der Waals surface area contributed by atoms with Gasteiger partial charge in [-0.25, -0.2) is 26.4 Å². The van der Waals surface area contributed by atoms with E-state index in [1.165, 1.54) is 20.1 Å². The standard InChI is InChI=1S/C39H52F3N5O5S/c1-26(48)43-22-39(29-5-3-6-30(40)18-29,34-7-4-8-35(34)44-37(49)52-2)28-13-15-45(16-14-28)23-38(42)24-47(25-38)32-9-12-36(53(50,51)33-10-11-33)27(17-32)19-46-20-31(41)21-46/h3,5-6,9,12,17-18,28,31,33-35H,4,7-8,10-11,13-16,19-25H2,1-2H3,(H,43,48)(H,44,49)/t34-,35-,39-/m0/s1. The van der Waals surface area contributed by atoms with Crippen molar-refractivity contribution in [2.24, 2.45) is 11.8 Å². The molecule has 0 aromatic heterocycles. The van der Waals surface area contributed by atoms with Crippen molar-refractivity contribution in [3.8, 4) is 0 Å². The number of alkyl halides is 2. The van der Waals surface area contributed by atoms with E-state index in [0.29, 0.717) is 55.8 Å². The van der Waals surface area contributed by atoms with E-state index in [2.05, 4.69) is 15.5 Å². The van der Waals surface area contributed by atoms with Gasteiger partial charge in [0.25, 0.3) is 0 Å². The average molecular weight is 760 g/mol. The summed E-state index contributed by atoms with van der Waals surface area (Å²) in [5.41, 5.74) is 0.0665. The van der Waals surface area contributed by atoms with Gasteiger partial charge in [0.05, 0.1) is 30.3 Å². The van der Waals surface area contributed by atoms with Gasteiger partial charge in [-0.2, -0.15) is 0 Å². The van der Waals surface area contributed by atoms with Crippen LogP contribution in [0.4, 0.5) is 23.7 Å². The maximum atomic E-state index is 16.4. The fraction of sp³-hybridized carbons (Fsp3) is 0.641. The SMILES string of the molecule is COC(=O)N[C@H]1CCC[C@@H]1[C@](CNC(C)=O)(c1cccc(F)c1)C1CCN(CC2(F)CN(c3ccc(S(=O)(=O)C4CC4)c(CN4CC(F)C4)c3)C2)CC1. The Labute approximate surface area is 310 Å². The minimum Gasteiger partial charge on any atom is -0.453 e. The third-order valence-corrected chi connectivity index (χ3v) is 14.8. The molecule has 3 atom stereocenters. The Morgan fingerprint density at radius 1 is 1.00 bits per heavy atom. The van der Waals surface area contributed by atoms with Gasteiger partial charge < -0.3 is 20.3 Å². The smallest absolute Gasteiger partial charge is 0.407 e. The predicted molar refractivity (Wildman–Crippen MR) is 195 cm³/mol. The molecule has 10 nitrogen and oxygen atoms in total. The largest absolute Gasteiger partial charge is 0.453 e. The normalized spacial score (nSPS) is 25.3. The van der Waals surface area contributed by atoms with Gasteiger partial charge >= 0.3 is 6.09 Å². The van der Waals surface area contributed by atoms with Crippen LogP contribution in [0.1, 0.15) is 63.0 Å². The van der Waals surface area contributed by atoms with E-state index in [-0.39, 0.29) is 74.1 Å². The van der Waals surface area contributed by atoms with Crippen LogP contribution in [0, 0.1) is 17.7 Å². The minimum atomic E-state index is -3.45. The van der Waals surface area contributed by atoms with Crippen molar-refractivity contribution in [1.82, 2.24) is 20.4 Å². The number of nitrogens with zero attached hydrogens (tertiary/aromatic N) is 3. The van der Waals surface area contributed by atoms with Crippen molar-refractivity contribution in [1.29, 1.82) is 0 Å². The molecule has 0 radical (unpaired) electrons. The summed E-state index contributed by atoms with van der Waals surface area (Å²) in [6, 6.07) is 11.6. The molecule has 2 amide bonds. The topological polar surface area (TPSA) is 111 Å². The second-order valence-electron chi connectivity index (χ2n) is 16.1. The highest BCUT2D eigenvalue weighted by Gasteiger charge is 2.53. The molecule has 0 bridgehead atoms. The first kappa shape index (κ1) is 37.9. The van der Waals surface area contributed by atoms with Crippen molar-refractivity contribution >= 4 is 27.5 Å². The Morgan fingerprint density at radius 2 is 1.74 bits per heavy atom. The number of nitrogens with one attached hydrogen (secondary N) is 2. The molecular formula is C39H52F3N5O5S. The summed E-state index contributed by atoms with van der Waals surface area (Å²) in [4.78, 5) is 31.1. The number of methoxy groups -OCH3 is 1. The molecule has 3 saturated heterocycles. The molecule has 2 aromatic rings. The van der Waals surface area contributed by atoms with Crippen LogP contribution < -0.4 is 15.5 Å². The average Bonchev–Trinajstić information content (AvgIpc) is 3.87. The number of piperidine rings is 1. The number of benzene rings is 2. The molecule has 5 aliphatic rings. The van der Waals surface area contributed by atoms with Crippen molar-refractivity contribution in [2.75, 3.05) is 64.4 Å². The number of likely N-dealkylation sites (tertiary alicyclic amines) is 2. The third-order valence-electron chi connectivity index (χ3n) is 12.4. The molecule has 3 heterocycles. The van der Waals surface area contributed by atoms with E-state index in [0.717, 1.165) is 30.5 Å². The van der Waals surface area contributed by atoms with E-state index < -0.39 is 33.2 Å². The van der Waals surface area contributed by atoms with Crippen LogP contribution in [0.2, 0.25) is 0 Å². The molecule has 53 heavy (non-hydrogen) atoms. The summed E-state index contributed by atoms with van der Waals surface area (Å²) < 4.78 is 76.3. The summed E-state index contributed by atoms with van der Waals surface area (Å²) in [5, 5.41) is 5.73. The lowest BCUT2D eigenvalue weighted by molar-refractivity contribution is -0.119. The van der Waals surface area contributed by atoms with Crippen molar-refractivity contribution in [3.05, 3.63) is 59.4 Å². The first-order chi connectivity index (χ1) is 25.3. The van der Waals surface area contributed by atoms with Crippen LogP contribution >= 0.6 is 0 Å². The highest BCUT2D eigenvalue weighted by Crippen LogP contribution is 2.51. The minimum absolute atomic E-state index is 0.0221. The number of carbonyl (C=O) groups is 2. The van der Waals surface area contributed by atoms with E-state index in [4.69, 9.17) is 4.74 Å². The van der Waals surface area contributed by atoms with E-state index in [9.17, 15) is 26.8 Å². The lowest BCUT2D eigenvalue weighted by atomic mass is 9.58. The zero-order chi connectivity index (χ0) is 37.5. The third kappa shape index (κ3) is 7.91. The monoisotopic (exact) mass is 759 g/mol. The molecule has 7 rings (SSSR count). The fourth-order valence-corrected chi connectivity index (χ4v) is 11.5.